The molecule has 0 saturated carbocycles. The molecule has 2 rings (SSSR count). The van der Waals surface area contributed by atoms with Gasteiger partial charge in [0.25, 0.3) is 11.8 Å². The zero-order valence-corrected chi connectivity index (χ0v) is 15.4. The number of carbonyl (C=O) groups is 2. The minimum Gasteiger partial charge on any atom is -0.496 e. The smallest absolute Gasteiger partial charge is 0.265 e. The molecule has 1 atom stereocenters. The predicted octanol–water partition coefficient (Wildman–Crippen LogP) is 3.46. The van der Waals surface area contributed by atoms with E-state index >= 15 is 0 Å². The number of thioether (sulfide) groups is 1. The number of rotatable bonds is 5. The van der Waals surface area contributed by atoms with Gasteiger partial charge in [0.15, 0.2) is 0 Å². The number of aryl methyl sites for hydroxylation is 1. The van der Waals surface area contributed by atoms with Gasteiger partial charge in [-0.2, -0.15) is 0 Å². The summed E-state index contributed by atoms with van der Waals surface area (Å²) < 4.78 is 5.43. The molecule has 0 bridgehead atoms. The van der Waals surface area contributed by atoms with Crippen LogP contribution >= 0.6 is 11.8 Å². The third-order valence-electron chi connectivity index (χ3n) is 3.91. The Labute approximate surface area is 147 Å². The largest absolute Gasteiger partial charge is 0.496 e. The first-order chi connectivity index (χ1) is 11.4. The Balaban J connectivity index is 2.17. The minimum absolute atomic E-state index is 0.112. The number of hydrogen-bond donors (Lipinski definition) is 2. The Bertz CT molecular complexity index is 670. The fourth-order valence-corrected chi connectivity index (χ4v) is 3.03. The van der Waals surface area contributed by atoms with Crippen LogP contribution in [0.4, 0.5) is 5.69 Å². The maximum Gasteiger partial charge on any atom is 0.265 e. The molecule has 0 spiro atoms. The average molecular weight is 348 g/mol. The highest BCUT2D eigenvalue weighted by Crippen LogP contribution is 2.27. The second-order valence-electron chi connectivity index (χ2n) is 5.85. The number of nitrogens with one attached hydrogen (secondary N) is 2. The fraction of sp³-hybridized carbons (Fsp3) is 0.444. The highest BCUT2D eigenvalue weighted by atomic mass is 32.2. The zero-order chi connectivity index (χ0) is 17.7. The lowest BCUT2D eigenvalue weighted by molar-refractivity contribution is -0.112. The summed E-state index contributed by atoms with van der Waals surface area (Å²) in [7, 11) is 0. The molecule has 0 unspecified atom stereocenters. The van der Waals surface area contributed by atoms with E-state index in [1.54, 1.807) is 19.1 Å². The van der Waals surface area contributed by atoms with Gasteiger partial charge in [0, 0.05) is 23.0 Å². The molecule has 1 aromatic rings. The summed E-state index contributed by atoms with van der Waals surface area (Å²) in [6.07, 6.45) is 0.867. The summed E-state index contributed by atoms with van der Waals surface area (Å²) in [5.41, 5.74) is 2.08. The summed E-state index contributed by atoms with van der Waals surface area (Å²) in [4.78, 5) is 25.3. The van der Waals surface area contributed by atoms with Crippen LogP contribution < -0.4 is 10.6 Å². The van der Waals surface area contributed by atoms with Crippen LogP contribution in [0.15, 0.2) is 28.9 Å². The van der Waals surface area contributed by atoms with E-state index in [-0.39, 0.29) is 17.9 Å². The van der Waals surface area contributed by atoms with E-state index in [0.29, 0.717) is 28.5 Å². The van der Waals surface area contributed by atoms with Gasteiger partial charge in [-0.25, -0.2) is 0 Å². The van der Waals surface area contributed by atoms with Crippen LogP contribution in [0.2, 0.25) is 0 Å². The van der Waals surface area contributed by atoms with Crippen LogP contribution in [0, 0.1) is 6.92 Å². The van der Waals surface area contributed by atoms with Crippen molar-refractivity contribution in [3.63, 3.8) is 0 Å². The average Bonchev–Trinajstić information content (AvgIpc) is 2.56. The van der Waals surface area contributed by atoms with Crippen LogP contribution in [-0.4, -0.2) is 30.2 Å². The van der Waals surface area contributed by atoms with Crippen LogP contribution in [0.5, 0.6) is 0 Å². The third kappa shape index (κ3) is 4.54. The highest BCUT2D eigenvalue weighted by Gasteiger charge is 2.20. The zero-order valence-electron chi connectivity index (χ0n) is 14.6. The van der Waals surface area contributed by atoms with Crippen LogP contribution in [0.25, 0.3) is 0 Å². The lowest BCUT2D eigenvalue weighted by Crippen LogP contribution is -2.32. The summed E-state index contributed by atoms with van der Waals surface area (Å²) in [5.74, 6) is 1.08. The minimum atomic E-state index is -0.195. The van der Waals surface area contributed by atoms with Crippen molar-refractivity contribution in [2.45, 2.75) is 40.2 Å². The van der Waals surface area contributed by atoms with Crippen molar-refractivity contribution in [1.82, 2.24) is 5.32 Å². The molecule has 2 N–H and O–H groups in total. The molecule has 0 aromatic heterocycles. The number of hydrogen-bond acceptors (Lipinski definition) is 4. The quantitative estimate of drug-likeness (QED) is 0.855. The summed E-state index contributed by atoms with van der Waals surface area (Å²) in [5, 5.41) is 5.83. The molecule has 2 amide bonds. The van der Waals surface area contributed by atoms with Crippen molar-refractivity contribution in [2.75, 3.05) is 17.7 Å². The van der Waals surface area contributed by atoms with E-state index in [4.69, 9.17) is 4.74 Å². The Morgan fingerprint density at radius 1 is 1.29 bits per heavy atom. The van der Waals surface area contributed by atoms with Gasteiger partial charge >= 0.3 is 0 Å². The normalized spacial score (nSPS) is 15.5. The SMILES string of the molecule is CC[C@H](C)NC(=O)c1ccc(C)c(NC(=O)C2=C(C)OCCS2)c1. The standard InChI is InChI=1S/C18H24N2O3S/c1-5-12(3)19-17(21)14-7-6-11(2)15(10-14)20-18(22)16-13(4)23-8-9-24-16/h6-7,10,12H,5,8-9H2,1-4H3,(H,19,21)(H,20,22)/t12-/m0/s1. The molecule has 1 aromatic carbocycles. The first-order valence-electron chi connectivity index (χ1n) is 8.11. The van der Waals surface area contributed by atoms with Crippen LogP contribution in [0.3, 0.4) is 0 Å². The predicted molar refractivity (Wildman–Crippen MR) is 98.1 cm³/mol. The molecule has 0 aliphatic carbocycles. The first-order valence-corrected chi connectivity index (χ1v) is 9.10. The highest BCUT2D eigenvalue weighted by molar-refractivity contribution is 8.04. The van der Waals surface area contributed by atoms with Gasteiger partial charge in [-0.1, -0.05) is 13.0 Å². The van der Waals surface area contributed by atoms with E-state index in [0.717, 1.165) is 17.7 Å². The Kier molecular flexibility index (Phi) is 6.31. The Hall–Kier alpha value is -1.95. The number of amides is 2. The van der Waals surface area contributed by atoms with Crippen molar-refractivity contribution in [3.05, 3.63) is 40.0 Å². The molecule has 24 heavy (non-hydrogen) atoms. The van der Waals surface area contributed by atoms with Crippen molar-refractivity contribution in [1.29, 1.82) is 0 Å². The van der Waals surface area contributed by atoms with Crippen molar-refractivity contribution < 1.29 is 14.3 Å². The molecular formula is C18H24N2O3S. The summed E-state index contributed by atoms with van der Waals surface area (Å²) in [6, 6.07) is 5.44. The van der Waals surface area contributed by atoms with Gasteiger partial charge in [-0.15, -0.1) is 11.8 Å². The topological polar surface area (TPSA) is 67.4 Å². The lowest BCUT2D eigenvalue weighted by Gasteiger charge is -2.18. The van der Waals surface area contributed by atoms with Gasteiger partial charge in [0.2, 0.25) is 0 Å². The Morgan fingerprint density at radius 2 is 2.04 bits per heavy atom. The van der Waals surface area contributed by atoms with Gasteiger partial charge in [0.05, 0.1) is 6.61 Å². The van der Waals surface area contributed by atoms with E-state index in [1.165, 1.54) is 11.8 Å². The number of anilines is 1. The molecule has 1 aliphatic heterocycles. The van der Waals surface area contributed by atoms with Gasteiger partial charge in [-0.3, -0.25) is 9.59 Å². The van der Waals surface area contributed by atoms with E-state index in [1.807, 2.05) is 26.8 Å². The Morgan fingerprint density at radius 3 is 2.71 bits per heavy atom. The lowest BCUT2D eigenvalue weighted by atomic mass is 10.1. The number of ether oxygens (including phenoxy) is 1. The van der Waals surface area contributed by atoms with Crippen molar-refractivity contribution in [2.24, 2.45) is 0 Å². The molecule has 6 heteroatoms. The molecule has 5 nitrogen and oxygen atoms in total. The molecule has 0 saturated heterocycles. The molecule has 0 radical (unpaired) electrons. The summed E-state index contributed by atoms with van der Waals surface area (Å²) >= 11 is 1.49. The molecule has 1 heterocycles. The number of benzene rings is 1. The van der Waals surface area contributed by atoms with E-state index < -0.39 is 0 Å². The van der Waals surface area contributed by atoms with E-state index in [9.17, 15) is 9.59 Å². The maximum atomic E-state index is 12.5. The molecule has 130 valence electrons. The first kappa shape index (κ1) is 18.4. The van der Waals surface area contributed by atoms with Crippen LogP contribution in [-0.2, 0) is 9.53 Å². The second-order valence-corrected chi connectivity index (χ2v) is 6.95. The van der Waals surface area contributed by atoms with Gasteiger partial charge < -0.3 is 15.4 Å². The van der Waals surface area contributed by atoms with Crippen LogP contribution in [0.1, 0.15) is 43.1 Å². The maximum absolute atomic E-state index is 12.5. The number of allylic oxidation sites excluding steroid dienone is 1. The molecular weight excluding hydrogens is 324 g/mol. The monoisotopic (exact) mass is 348 g/mol. The van der Waals surface area contributed by atoms with Crippen molar-refractivity contribution in [3.8, 4) is 0 Å². The fourth-order valence-electron chi connectivity index (χ4n) is 2.22. The molecule has 0 fully saturated rings. The van der Waals surface area contributed by atoms with E-state index in [2.05, 4.69) is 10.6 Å². The number of carbonyl (C=O) groups excluding carboxylic acids is 2. The van der Waals surface area contributed by atoms with Crippen molar-refractivity contribution >= 4 is 29.3 Å². The second kappa shape index (κ2) is 8.24. The molecule has 1 aliphatic rings. The van der Waals surface area contributed by atoms with Gasteiger partial charge in [-0.05, 0) is 44.9 Å². The van der Waals surface area contributed by atoms with Gasteiger partial charge in [0.1, 0.15) is 10.7 Å². The summed E-state index contributed by atoms with van der Waals surface area (Å²) in [6.45, 7) is 8.30. The third-order valence-corrected chi connectivity index (χ3v) is 5.04.